The molecule has 226 valence electrons. The van der Waals surface area contributed by atoms with E-state index in [1.807, 2.05) is 38.4 Å². The second-order valence-corrected chi connectivity index (χ2v) is 11.2. The van der Waals surface area contributed by atoms with Crippen molar-refractivity contribution in [3.8, 4) is 50.3 Å². The van der Waals surface area contributed by atoms with E-state index < -0.39 is 5.82 Å². The molecule has 4 aromatic heterocycles. The van der Waals surface area contributed by atoms with Gasteiger partial charge in [0.25, 0.3) is 0 Å². The third-order valence-corrected chi connectivity index (χ3v) is 8.44. The van der Waals surface area contributed by atoms with Crippen LogP contribution in [0.5, 0.6) is 17.6 Å². The van der Waals surface area contributed by atoms with Crippen molar-refractivity contribution in [1.29, 1.82) is 0 Å². The lowest BCUT2D eigenvalue weighted by Crippen LogP contribution is -2.19. The minimum Gasteiger partial charge on any atom is -0.481 e. The van der Waals surface area contributed by atoms with E-state index in [0.717, 1.165) is 43.0 Å². The zero-order valence-electron chi connectivity index (χ0n) is 24.7. The number of nitrogens with zero attached hydrogens (tertiary/aromatic N) is 5. The van der Waals surface area contributed by atoms with Crippen molar-refractivity contribution in [2.75, 3.05) is 12.8 Å². The molecule has 4 heterocycles. The van der Waals surface area contributed by atoms with Crippen molar-refractivity contribution in [2.24, 2.45) is 7.05 Å². The lowest BCUT2D eigenvalue weighted by molar-refractivity contribution is -0.116. The van der Waals surface area contributed by atoms with E-state index in [0.29, 0.717) is 29.2 Å². The second kappa shape index (κ2) is 12.2. The number of rotatable bonds is 9. The van der Waals surface area contributed by atoms with Gasteiger partial charge in [0.05, 0.1) is 13.3 Å². The Labute approximate surface area is 262 Å². The Balaban J connectivity index is 1.51. The van der Waals surface area contributed by atoms with Crippen LogP contribution in [0.3, 0.4) is 0 Å². The monoisotopic (exact) mass is 621 g/mol. The van der Waals surface area contributed by atoms with Gasteiger partial charge in [-0.1, -0.05) is 30.8 Å². The molecule has 0 unspecified atom stereocenters. The smallest absolute Gasteiger partial charge is 0.325 e. The first-order valence-electron chi connectivity index (χ1n) is 13.8. The number of nitrogen functional groups attached to an aromatic ring is 1. The summed E-state index contributed by atoms with van der Waals surface area (Å²) < 4.78 is 29.1. The predicted molar refractivity (Wildman–Crippen MR) is 173 cm³/mol. The van der Waals surface area contributed by atoms with Crippen LogP contribution in [0.1, 0.15) is 11.1 Å². The maximum Gasteiger partial charge on any atom is 0.325 e. The summed E-state index contributed by atoms with van der Waals surface area (Å²) in [5.41, 5.74) is 12.5. The number of hydrogen-bond donors (Lipinski definition) is 2. The summed E-state index contributed by atoms with van der Waals surface area (Å²) in [6.45, 7) is 5.86. The third-order valence-electron chi connectivity index (χ3n) is 7.18. The fourth-order valence-corrected chi connectivity index (χ4v) is 6.49. The Hall–Kier alpha value is -5.62. The van der Waals surface area contributed by atoms with Gasteiger partial charge in [0.1, 0.15) is 5.82 Å². The molecular formula is C33H28FN7O3S. The summed E-state index contributed by atoms with van der Waals surface area (Å²) in [4.78, 5) is 25.3. The third kappa shape index (κ3) is 5.83. The van der Waals surface area contributed by atoms with Crippen LogP contribution in [0.25, 0.3) is 42.8 Å². The molecule has 0 aliphatic carbocycles. The number of hydrogen-bond acceptors (Lipinski definition) is 9. The van der Waals surface area contributed by atoms with Gasteiger partial charge in [0.15, 0.2) is 11.6 Å². The van der Waals surface area contributed by atoms with Gasteiger partial charge in [0.2, 0.25) is 11.8 Å². The minimum atomic E-state index is -0.607. The topological polar surface area (TPSA) is 130 Å². The molecule has 0 bridgehead atoms. The number of halogens is 1. The number of carbonyl (C=O) groups excluding carboxylic acids is 1. The number of benzene rings is 2. The van der Waals surface area contributed by atoms with Gasteiger partial charge in [0, 0.05) is 69.9 Å². The first-order chi connectivity index (χ1) is 21.7. The van der Waals surface area contributed by atoms with Gasteiger partial charge in [-0.25, -0.2) is 14.4 Å². The molecule has 0 atom stereocenters. The second-order valence-electron chi connectivity index (χ2n) is 10.2. The van der Waals surface area contributed by atoms with E-state index in [1.54, 1.807) is 40.5 Å². The number of amides is 1. The van der Waals surface area contributed by atoms with E-state index in [2.05, 4.69) is 31.9 Å². The van der Waals surface area contributed by atoms with Crippen LogP contribution in [0, 0.1) is 12.7 Å². The largest absolute Gasteiger partial charge is 0.481 e. The summed E-state index contributed by atoms with van der Waals surface area (Å²) in [6.07, 6.45) is 8.13. The van der Waals surface area contributed by atoms with Gasteiger partial charge >= 0.3 is 6.01 Å². The average molecular weight is 622 g/mol. The Bertz CT molecular complexity index is 2090. The highest BCUT2D eigenvalue weighted by Gasteiger charge is 2.24. The molecular weight excluding hydrogens is 593 g/mol. The SMILES string of the molecule is C=CC(=O)NCc1ccc(-c2sc3c(-c4cnn(C)c4)cnc(N)c3c2-c2ccc(Oc3nccc(OC)n3)c(F)c2)c(C)c1. The first kappa shape index (κ1) is 29.5. The summed E-state index contributed by atoms with van der Waals surface area (Å²) in [7, 11) is 3.32. The number of carbonyl (C=O) groups is 1. The predicted octanol–water partition coefficient (Wildman–Crippen LogP) is 6.45. The Morgan fingerprint density at radius 3 is 2.69 bits per heavy atom. The molecule has 0 saturated carbocycles. The molecule has 0 aliphatic heterocycles. The molecule has 6 rings (SSSR count). The maximum atomic E-state index is 15.7. The van der Waals surface area contributed by atoms with Crippen molar-refractivity contribution in [3.05, 3.63) is 96.9 Å². The zero-order valence-corrected chi connectivity index (χ0v) is 25.5. The number of anilines is 1. The Morgan fingerprint density at radius 2 is 1.98 bits per heavy atom. The molecule has 0 radical (unpaired) electrons. The number of ether oxygens (including phenoxy) is 2. The zero-order chi connectivity index (χ0) is 31.7. The quantitative estimate of drug-likeness (QED) is 0.176. The molecule has 2 aromatic carbocycles. The first-order valence-corrected chi connectivity index (χ1v) is 14.6. The van der Waals surface area contributed by atoms with Gasteiger partial charge in [-0.15, -0.1) is 11.3 Å². The Morgan fingerprint density at radius 1 is 1.13 bits per heavy atom. The van der Waals surface area contributed by atoms with Gasteiger partial charge in [-0.2, -0.15) is 10.1 Å². The summed E-state index contributed by atoms with van der Waals surface area (Å²) in [5.74, 6) is -0.284. The molecule has 12 heteroatoms. The number of thiophene rings is 1. The summed E-state index contributed by atoms with van der Waals surface area (Å²) >= 11 is 1.55. The van der Waals surface area contributed by atoms with Crippen LogP contribution in [-0.4, -0.2) is 37.7 Å². The number of aryl methyl sites for hydroxylation is 2. The van der Waals surface area contributed by atoms with Crippen LogP contribution in [0.4, 0.5) is 10.2 Å². The van der Waals surface area contributed by atoms with Crippen molar-refractivity contribution in [1.82, 2.24) is 30.0 Å². The fourth-order valence-electron chi connectivity index (χ4n) is 5.03. The number of pyridine rings is 1. The average Bonchev–Trinajstić information content (AvgIpc) is 3.65. The van der Waals surface area contributed by atoms with Gasteiger partial charge in [-0.05, 0) is 47.4 Å². The summed E-state index contributed by atoms with van der Waals surface area (Å²) in [6, 6.07) is 12.2. The van der Waals surface area contributed by atoms with E-state index in [4.69, 9.17) is 15.2 Å². The highest BCUT2D eigenvalue weighted by Crippen LogP contribution is 2.50. The highest BCUT2D eigenvalue weighted by molar-refractivity contribution is 7.23. The van der Waals surface area contributed by atoms with Crippen molar-refractivity contribution >= 4 is 33.1 Å². The lowest BCUT2D eigenvalue weighted by atomic mass is 9.95. The van der Waals surface area contributed by atoms with Gasteiger partial charge < -0.3 is 20.5 Å². The normalized spacial score (nSPS) is 11.0. The molecule has 0 fully saturated rings. The van der Waals surface area contributed by atoms with E-state index in [1.165, 1.54) is 31.5 Å². The molecule has 0 aliphatic rings. The highest BCUT2D eigenvalue weighted by atomic mass is 32.1. The minimum absolute atomic E-state index is 0.0441. The Kier molecular flexibility index (Phi) is 7.97. The number of fused-ring (bicyclic) bond motifs is 1. The number of nitrogens with one attached hydrogen (secondary N) is 1. The molecule has 0 spiro atoms. The van der Waals surface area contributed by atoms with E-state index >= 15 is 4.39 Å². The summed E-state index contributed by atoms with van der Waals surface area (Å²) in [5, 5.41) is 7.86. The van der Waals surface area contributed by atoms with Crippen molar-refractivity contribution in [2.45, 2.75) is 13.5 Å². The van der Waals surface area contributed by atoms with Crippen LogP contribution < -0.4 is 20.5 Å². The molecule has 6 aromatic rings. The lowest BCUT2D eigenvalue weighted by Gasteiger charge is -2.12. The molecule has 45 heavy (non-hydrogen) atoms. The van der Waals surface area contributed by atoms with Crippen LogP contribution in [0.15, 0.2) is 79.9 Å². The maximum absolute atomic E-state index is 15.7. The van der Waals surface area contributed by atoms with Crippen molar-refractivity contribution < 1.29 is 18.7 Å². The van der Waals surface area contributed by atoms with E-state index in [-0.39, 0.29) is 17.7 Å². The standard InChI is InChI=1S/C33H28FN7O3S/c1-5-26(42)37-14-19-6-8-22(18(2)12-19)30-28(29-31(45-30)23(16-38-32(29)35)21-15-39-41(3)17-21)20-7-9-25(24(34)13-20)44-33-36-11-10-27(40-33)43-4/h5-13,15-17H,1,14H2,2-4H3,(H2,35,38)(H,37,42). The molecule has 0 saturated heterocycles. The van der Waals surface area contributed by atoms with Crippen LogP contribution in [0.2, 0.25) is 0 Å². The molecule has 1 amide bonds. The van der Waals surface area contributed by atoms with Crippen LogP contribution >= 0.6 is 11.3 Å². The number of aromatic nitrogens is 5. The van der Waals surface area contributed by atoms with Crippen molar-refractivity contribution in [3.63, 3.8) is 0 Å². The molecule has 3 N–H and O–H groups in total. The number of nitrogens with two attached hydrogens (primary N) is 1. The molecule has 10 nitrogen and oxygen atoms in total. The van der Waals surface area contributed by atoms with Crippen LogP contribution in [-0.2, 0) is 18.4 Å². The van der Waals surface area contributed by atoms with Gasteiger partial charge in [-0.3, -0.25) is 9.48 Å². The van der Waals surface area contributed by atoms with E-state index in [9.17, 15) is 4.79 Å². The number of methoxy groups -OCH3 is 1. The fraction of sp³-hybridized carbons (Fsp3) is 0.121.